The number of hydrogen-bond acceptors (Lipinski definition) is 2. The van der Waals surface area contributed by atoms with Gasteiger partial charge in [0.2, 0.25) is 11.8 Å². The number of amides is 2. The molecular weight excluding hydrogens is 299 g/mol. The zero-order valence-corrected chi connectivity index (χ0v) is 12.4. The Balaban J connectivity index is 1.89. The summed E-state index contributed by atoms with van der Waals surface area (Å²) in [7, 11) is 1.86. The number of aryl methyl sites for hydroxylation is 1. The van der Waals surface area contributed by atoms with Gasteiger partial charge in [0.1, 0.15) is 6.54 Å². The third kappa shape index (κ3) is 3.80. The third-order valence-corrected chi connectivity index (χ3v) is 3.88. The summed E-state index contributed by atoms with van der Waals surface area (Å²) in [6.45, 7) is 0.728. The lowest BCUT2D eigenvalue weighted by molar-refractivity contribution is -0.157. The largest absolute Gasteiger partial charge is 0.406 e. The fourth-order valence-electron chi connectivity index (χ4n) is 2.48. The number of nitrogens with one attached hydrogen (secondary N) is 1. The Kier molecular flexibility index (Phi) is 4.48. The molecule has 0 aliphatic carbocycles. The second-order valence-corrected chi connectivity index (χ2v) is 5.53. The van der Waals surface area contributed by atoms with Crippen LogP contribution in [-0.4, -0.2) is 40.5 Å². The van der Waals surface area contributed by atoms with Gasteiger partial charge in [-0.15, -0.1) is 0 Å². The van der Waals surface area contributed by atoms with Crippen molar-refractivity contribution in [1.29, 1.82) is 0 Å². The van der Waals surface area contributed by atoms with Crippen LogP contribution in [0.1, 0.15) is 17.8 Å². The van der Waals surface area contributed by atoms with Crippen molar-refractivity contribution in [2.24, 2.45) is 13.0 Å². The van der Waals surface area contributed by atoms with E-state index in [-0.39, 0.29) is 19.5 Å². The topological polar surface area (TPSA) is 54.3 Å². The maximum absolute atomic E-state index is 12.3. The minimum atomic E-state index is -4.44. The summed E-state index contributed by atoms with van der Waals surface area (Å²) in [6.07, 6.45) is -4.62. The lowest BCUT2D eigenvalue weighted by atomic mass is 10.1. The predicted octanol–water partition coefficient (Wildman–Crippen LogP) is 1.36. The molecule has 1 N–H and O–H groups in total. The molecule has 1 aromatic rings. The van der Waals surface area contributed by atoms with Crippen LogP contribution in [0.3, 0.4) is 0 Å². The Morgan fingerprint density at radius 1 is 1.41 bits per heavy atom. The molecule has 1 saturated heterocycles. The van der Waals surface area contributed by atoms with Gasteiger partial charge < -0.3 is 14.8 Å². The predicted molar refractivity (Wildman–Crippen MR) is 72.7 cm³/mol. The van der Waals surface area contributed by atoms with Crippen LogP contribution in [0, 0.1) is 12.8 Å². The van der Waals surface area contributed by atoms with Crippen molar-refractivity contribution in [2.75, 3.05) is 13.1 Å². The van der Waals surface area contributed by atoms with Crippen molar-refractivity contribution in [1.82, 2.24) is 14.8 Å². The molecule has 0 radical (unpaired) electrons. The van der Waals surface area contributed by atoms with Crippen molar-refractivity contribution >= 4 is 11.8 Å². The summed E-state index contributed by atoms with van der Waals surface area (Å²) in [5, 5.41) is 2.68. The van der Waals surface area contributed by atoms with E-state index in [4.69, 9.17) is 0 Å². The van der Waals surface area contributed by atoms with Crippen molar-refractivity contribution in [2.45, 2.75) is 26.1 Å². The highest BCUT2D eigenvalue weighted by Crippen LogP contribution is 2.24. The summed E-state index contributed by atoms with van der Waals surface area (Å²) in [5.41, 5.74) is 1.93. The van der Waals surface area contributed by atoms with E-state index < -0.39 is 30.5 Å². The summed E-state index contributed by atoms with van der Waals surface area (Å²) in [4.78, 5) is 24.2. The fourth-order valence-corrected chi connectivity index (χ4v) is 2.48. The van der Waals surface area contributed by atoms with E-state index in [1.807, 2.05) is 30.7 Å². The van der Waals surface area contributed by atoms with E-state index in [0.29, 0.717) is 4.90 Å². The highest BCUT2D eigenvalue weighted by molar-refractivity contribution is 5.89. The van der Waals surface area contributed by atoms with Crippen LogP contribution in [0.5, 0.6) is 0 Å². The molecule has 1 fully saturated rings. The highest BCUT2D eigenvalue weighted by Gasteiger charge is 2.40. The minimum absolute atomic E-state index is 0.173. The molecule has 8 heteroatoms. The molecule has 1 aliphatic heterocycles. The summed E-state index contributed by atoms with van der Waals surface area (Å²) in [6, 6.07) is 3.77. The zero-order chi connectivity index (χ0) is 16.5. The molecule has 1 unspecified atom stereocenters. The first kappa shape index (κ1) is 16.4. The van der Waals surface area contributed by atoms with E-state index >= 15 is 0 Å². The third-order valence-electron chi connectivity index (χ3n) is 3.88. The quantitative estimate of drug-likeness (QED) is 0.912. The van der Waals surface area contributed by atoms with Gasteiger partial charge in [-0.25, -0.2) is 0 Å². The maximum Gasteiger partial charge on any atom is 0.406 e. The van der Waals surface area contributed by atoms with Crippen molar-refractivity contribution < 1.29 is 22.8 Å². The number of carbonyl (C=O) groups excluding carboxylic acids is 2. The first-order chi connectivity index (χ1) is 10.2. The second-order valence-electron chi connectivity index (χ2n) is 5.53. The average molecular weight is 317 g/mol. The van der Waals surface area contributed by atoms with Gasteiger partial charge >= 0.3 is 6.18 Å². The van der Waals surface area contributed by atoms with Gasteiger partial charge in [0.25, 0.3) is 0 Å². The molecule has 5 nitrogen and oxygen atoms in total. The first-order valence-electron chi connectivity index (χ1n) is 6.91. The Labute approximate surface area is 126 Å². The van der Waals surface area contributed by atoms with Crippen molar-refractivity contribution in [3.8, 4) is 0 Å². The van der Waals surface area contributed by atoms with Gasteiger partial charge in [0.05, 0.1) is 12.5 Å². The molecule has 0 saturated carbocycles. The number of likely N-dealkylation sites (tertiary alicyclic amines) is 1. The number of carbonyl (C=O) groups is 2. The molecule has 0 spiro atoms. The number of hydrogen-bond donors (Lipinski definition) is 1. The maximum atomic E-state index is 12.3. The van der Waals surface area contributed by atoms with Crippen LogP contribution < -0.4 is 5.32 Å². The monoisotopic (exact) mass is 317 g/mol. The normalized spacial score (nSPS) is 18.9. The number of alkyl halides is 3. The lowest BCUT2D eigenvalue weighted by Gasteiger charge is -2.18. The molecule has 0 aromatic carbocycles. The molecule has 2 rings (SSSR count). The molecule has 0 bridgehead atoms. The van der Waals surface area contributed by atoms with Crippen LogP contribution in [0.15, 0.2) is 12.1 Å². The molecule has 1 aromatic heterocycles. The Hall–Kier alpha value is -1.99. The Morgan fingerprint density at radius 3 is 2.64 bits per heavy atom. The van der Waals surface area contributed by atoms with E-state index in [0.717, 1.165) is 11.4 Å². The summed E-state index contributed by atoms with van der Waals surface area (Å²) in [5.74, 6) is -1.75. The van der Waals surface area contributed by atoms with E-state index in [9.17, 15) is 22.8 Å². The highest BCUT2D eigenvalue weighted by atomic mass is 19.4. The molecule has 22 heavy (non-hydrogen) atoms. The van der Waals surface area contributed by atoms with Crippen molar-refractivity contribution in [3.63, 3.8) is 0 Å². The minimum Gasteiger partial charge on any atom is -0.350 e. The zero-order valence-electron chi connectivity index (χ0n) is 12.4. The van der Waals surface area contributed by atoms with Crippen LogP contribution in [-0.2, 0) is 23.2 Å². The van der Waals surface area contributed by atoms with Gasteiger partial charge in [0.15, 0.2) is 0 Å². The lowest BCUT2D eigenvalue weighted by Crippen LogP contribution is -2.37. The van der Waals surface area contributed by atoms with E-state index in [2.05, 4.69) is 5.32 Å². The number of aromatic nitrogens is 1. The molecule has 1 atom stereocenters. The van der Waals surface area contributed by atoms with Crippen LogP contribution in [0.25, 0.3) is 0 Å². The van der Waals surface area contributed by atoms with Crippen molar-refractivity contribution in [3.05, 3.63) is 23.5 Å². The number of halogens is 3. The smallest absolute Gasteiger partial charge is 0.350 e. The fraction of sp³-hybridized carbons (Fsp3) is 0.571. The van der Waals surface area contributed by atoms with E-state index in [1.165, 1.54) is 0 Å². The van der Waals surface area contributed by atoms with Gasteiger partial charge in [-0.1, -0.05) is 0 Å². The van der Waals surface area contributed by atoms with Gasteiger partial charge in [-0.05, 0) is 19.1 Å². The van der Waals surface area contributed by atoms with E-state index in [1.54, 1.807) is 0 Å². The molecular formula is C14H18F3N3O2. The average Bonchev–Trinajstić information content (AvgIpc) is 2.91. The van der Waals surface area contributed by atoms with Crippen LogP contribution in [0.2, 0.25) is 0 Å². The standard InChI is InChI=1S/C14H18F3N3O2/c1-9-3-4-11(19(9)2)6-18-13(22)10-5-12(21)20(7-10)8-14(15,16)17/h3-4,10H,5-8H2,1-2H3,(H,18,22). The molecule has 122 valence electrons. The number of rotatable bonds is 4. The van der Waals surface area contributed by atoms with Gasteiger partial charge in [-0.2, -0.15) is 13.2 Å². The van der Waals surface area contributed by atoms with Crippen LogP contribution in [0.4, 0.5) is 13.2 Å². The summed E-state index contributed by atoms with van der Waals surface area (Å²) >= 11 is 0. The molecule has 2 heterocycles. The Bertz CT molecular complexity index is 580. The Morgan fingerprint density at radius 2 is 2.09 bits per heavy atom. The molecule has 2 amide bonds. The molecule has 1 aliphatic rings. The van der Waals surface area contributed by atoms with Crippen LogP contribution >= 0.6 is 0 Å². The summed E-state index contributed by atoms with van der Waals surface area (Å²) < 4.78 is 38.9. The second kappa shape index (κ2) is 6.02. The van der Waals surface area contributed by atoms with Gasteiger partial charge in [0, 0.05) is 31.4 Å². The SMILES string of the molecule is Cc1ccc(CNC(=O)C2CC(=O)N(CC(F)(F)F)C2)n1C. The first-order valence-corrected chi connectivity index (χ1v) is 6.91. The number of nitrogens with zero attached hydrogens (tertiary/aromatic N) is 2. The van der Waals surface area contributed by atoms with Gasteiger partial charge in [-0.3, -0.25) is 9.59 Å².